The Morgan fingerprint density at radius 3 is 2.86 bits per heavy atom. The first-order valence-corrected chi connectivity index (χ1v) is 8.99. The number of anilines is 2. The molecule has 142 valence electrons. The van der Waals surface area contributed by atoms with E-state index < -0.39 is 5.92 Å². The number of benzene rings is 2. The van der Waals surface area contributed by atoms with Crippen LogP contribution in [0.4, 0.5) is 11.4 Å². The molecule has 7 nitrogen and oxygen atoms in total. The molecule has 1 aliphatic rings. The van der Waals surface area contributed by atoms with Gasteiger partial charge >= 0.3 is 0 Å². The van der Waals surface area contributed by atoms with Crippen LogP contribution in [0.2, 0.25) is 0 Å². The van der Waals surface area contributed by atoms with E-state index in [9.17, 15) is 9.59 Å². The largest absolute Gasteiger partial charge is 0.497 e. The second-order valence-corrected chi connectivity index (χ2v) is 6.65. The highest BCUT2D eigenvalue weighted by Crippen LogP contribution is 2.29. The third-order valence-corrected chi connectivity index (χ3v) is 4.80. The average Bonchev–Trinajstić information content (AvgIpc) is 3.38. The molecule has 0 radical (unpaired) electrons. The lowest BCUT2D eigenvalue weighted by atomic mass is 10.1. The molecule has 0 bridgehead atoms. The number of nitrogens with one attached hydrogen (secondary N) is 2. The van der Waals surface area contributed by atoms with Crippen molar-refractivity contribution in [1.29, 1.82) is 0 Å². The van der Waals surface area contributed by atoms with Crippen LogP contribution in [0, 0.1) is 5.92 Å². The van der Waals surface area contributed by atoms with E-state index in [1.807, 2.05) is 48.5 Å². The Morgan fingerprint density at radius 1 is 1.21 bits per heavy atom. The van der Waals surface area contributed by atoms with Crippen LogP contribution in [0.15, 0.2) is 60.8 Å². The third-order valence-electron chi connectivity index (χ3n) is 4.80. The molecule has 28 heavy (non-hydrogen) atoms. The molecule has 1 aliphatic heterocycles. The van der Waals surface area contributed by atoms with Gasteiger partial charge in [-0.25, -0.2) is 0 Å². The average molecular weight is 376 g/mol. The Hall–Kier alpha value is -3.61. The van der Waals surface area contributed by atoms with E-state index in [0.717, 1.165) is 16.9 Å². The summed E-state index contributed by atoms with van der Waals surface area (Å²) in [6.45, 7) is 0.345. The highest BCUT2D eigenvalue weighted by atomic mass is 16.5. The van der Waals surface area contributed by atoms with E-state index in [2.05, 4.69) is 15.5 Å². The summed E-state index contributed by atoms with van der Waals surface area (Å²) in [5.74, 6) is 0.0310. The summed E-state index contributed by atoms with van der Waals surface area (Å²) in [5.41, 5.74) is 3.22. The quantitative estimate of drug-likeness (QED) is 0.716. The Labute approximate surface area is 162 Å². The monoisotopic (exact) mass is 376 g/mol. The van der Waals surface area contributed by atoms with Gasteiger partial charge in [0, 0.05) is 42.2 Å². The summed E-state index contributed by atoms with van der Waals surface area (Å²) >= 11 is 0. The molecule has 1 saturated heterocycles. The molecule has 3 aromatic rings. The van der Waals surface area contributed by atoms with Gasteiger partial charge in [0.2, 0.25) is 11.8 Å². The predicted molar refractivity (Wildman–Crippen MR) is 106 cm³/mol. The highest BCUT2D eigenvalue weighted by molar-refractivity contribution is 6.03. The van der Waals surface area contributed by atoms with Gasteiger partial charge in [-0.1, -0.05) is 18.2 Å². The first-order valence-electron chi connectivity index (χ1n) is 8.99. The van der Waals surface area contributed by atoms with Crippen LogP contribution in [0.3, 0.4) is 0 Å². The molecular weight excluding hydrogens is 356 g/mol. The minimum Gasteiger partial charge on any atom is -0.497 e. The summed E-state index contributed by atoms with van der Waals surface area (Å²) in [4.78, 5) is 26.8. The lowest BCUT2D eigenvalue weighted by molar-refractivity contribution is -0.122. The van der Waals surface area contributed by atoms with Crippen LogP contribution < -0.4 is 15.0 Å². The van der Waals surface area contributed by atoms with Gasteiger partial charge in [-0.05, 0) is 30.3 Å². The summed E-state index contributed by atoms with van der Waals surface area (Å²) in [7, 11) is 1.58. The molecule has 0 saturated carbocycles. The zero-order chi connectivity index (χ0) is 19.5. The molecule has 7 heteroatoms. The van der Waals surface area contributed by atoms with E-state index in [-0.39, 0.29) is 18.2 Å². The number of carbonyl (C=O) groups excluding carboxylic acids is 2. The summed E-state index contributed by atoms with van der Waals surface area (Å²) < 4.78 is 5.22. The molecule has 1 aromatic heterocycles. The lowest BCUT2D eigenvalue weighted by Gasteiger charge is -2.17. The SMILES string of the molecule is COc1cccc(N2C[C@@H](C(=O)Nc3cccc(-c4ccn[nH]4)c3)CC2=O)c1. The number of H-pyrrole nitrogens is 1. The number of ether oxygens (including phenoxy) is 1. The van der Waals surface area contributed by atoms with Crippen molar-refractivity contribution in [2.45, 2.75) is 6.42 Å². The standard InChI is InChI=1S/C21H20N4O3/c1-28-18-7-3-6-17(12-18)25-13-15(11-20(25)26)21(27)23-16-5-2-4-14(10-16)19-8-9-22-24-19/h2-10,12,15H,11,13H2,1H3,(H,22,24)(H,23,27)/t15-/m0/s1. The van der Waals surface area contributed by atoms with Crippen LogP contribution in [-0.2, 0) is 9.59 Å². The number of methoxy groups -OCH3 is 1. The van der Waals surface area contributed by atoms with Crippen LogP contribution >= 0.6 is 0 Å². The number of nitrogens with zero attached hydrogens (tertiary/aromatic N) is 2. The van der Waals surface area contributed by atoms with E-state index in [1.54, 1.807) is 24.3 Å². The maximum Gasteiger partial charge on any atom is 0.229 e. The van der Waals surface area contributed by atoms with Crippen LogP contribution in [0.5, 0.6) is 5.75 Å². The maximum absolute atomic E-state index is 12.7. The van der Waals surface area contributed by atoms with Gasteiger partial charge in [0.1, 0.15) is 5.75 Å². The third kappa shape index (κ3) is 3.59. The number of carbonyl (C=O) groups is 2. The predicted octanol–water partition coefficient (Wildman–Crippen LogP) is 3.08. The number of hydrogen-bond donors (Lipinski definition) is 2. The van der Waals surface area contributed by atoms with E-state index in [4.69, 9.17) is 4.74 Å². The minimum atomic E-state index is -0.408. The van der Waals surface area contributed by atoms with Crippen molar-refractivity contribution in [3.8, 4) is 17.0 Å². The Kier molecular flexibility index (Phi) is 4.80. The number of rotatable bonds is 5. The summed E-state index contributed by atoms with van der Waals surface area (Å²) in [5, 5.41) is 9.77. The first kappa shape index (κ1) is 17.8. The molecule has 2 aromatic carbocycles. The van der Waals surface area contributed by atoms with Crippen molar-refractivity contribution in [2.24, 2.45) is 5.92 Å². The molecule has 1 atom stereocenters. The minimum absolute atomic E-state index is 0.0698. The van der Waals surface area contributed by atoms with Crippen molar-refractivity contribution in [1.82, 2.24) is 10.2 Å². The number of aromatic nitrogens is 2. The Morgan fingerprint density at radius 2 is 2.07 bits per heavy atom. The number of hydrogen-bond acceptors (Lipinski definition) is 4. The van der Waals surface area contributed by atoms with Crippen molar-refractivity contribution >= 4 is 23.2 Å². The second kappa shape index (κ2) is 7.56. The highest BCUT2D eigenvalue weighted by Gasteiger charge is 2.35. The van der Waals surface area contributed by atoms with E-state index >= 15 is 0 Å². The molecule has 1 fully saturated rings. The van der Waals surface area contributed by atoms with Gasteiger partial charge in [-0.15, -0.1) is 0 Å². The van der Waals surface area contributed by atoms with E-state index in [0.29, 0.717) is 18.0 Å². The van der Waals surface area contributed by atoms with Gasteiger partial charge in [0.15, 0.2) is 0 Å². The van der Waals surface area contributed by atoms with Gasteiger partial charge in [-0.3, -0.25) is 14.7 Å². The molecule has 2 N–H and O–H groups in total. The molecule has 0 spiro atoms. The van der Waals surface area contributed by atoms with Crippen LogP contribution in [0.1, 0.15) is 6.42 Å². The smallest absolute Gasteiger partial charge is 0.229 e. The fraction of sp³-hybridized carbons (Fsp3) is 0.190. The van der Waals surface area contributed by atoms with Crippen molar-refractivity contribution < 1.29 is 14.3 Å². The first-order chi connectivity index (χ1) is 13.6. The Balaban J connectivity index is 1.46. The van der Waals surface area contributed by atoms with Gasteiger partial charge in [0.25, 0.3) is 0 Å². The normalized spacial score (nSPS) is 16.2. The van der Waals surface area contributed by atoms with Crippen molar-refractivity contribution in [3.63, 3.8) is 0 Å². The fourth-order valence-electron chi connectivity index (χ4n) is 3.34. The molecular formula is C21H20N4O3. The molecule has 2 amide bonds. The molecule has 0 unspecified atom stereocenters. The maximum atomic E-state index is 12.7. The van der Waals surface area contributed by atoms with Crippen molar-refractivity contribution in [2.75, 3.05) is 23.9 Å². The molecule has 2 heterocycles. The Bertz CT molecular complexity index is 1000. The van der Waals surface area contributed by atoms with E-state index in [1.165, 1.54) is 0 Å². The topological polar surface area (TPSA) is 87.3 Å². The van der Waals surface area contributed by atoms with Crippen LogP contribution in [-0.4, -0.2) is 35.7 Å². The molecule has 4 rings (SSSR count). The van der Waals surface area contributed by atoms with Crippen molar-refractivity contribution in [3.05, 3.63) is 60.8 Å². The second-order valence-electron chi connectivity index (χ2n) is 6.65. The van der Waals surface area contributed by atoms with Gasteiger partial charge < -0.3 is 15.0 Å². The summed E-state index contributed by atoms with van der Waals surface area (Å²) in [6.07, 6.45) is 1.86. The van der Waals surface area contributed by atoms with Gasteiger partial charge in [-0.2, -0.15) is 5.10 Å². The summed E-state index contributed by atoms with van der Waals surface area (Å²) in [6, 6.07) is 16.7. The number of amides is 2. The zero-order valence-corrected chi connectivity index (χ0v) is 15.4. The molecule has 0 aliphatic carbocycles. The van der Waals surface area contributed by atoms with Gasteiger partial charge in [0.05, 0.1) is 18.7 Å². The zero-order valence-electron chi connectivity index (χ0n) is 15.4. The lowest BCUT2D eigenvalue weighted by Crippen LogP contribution is -2.28. The number of aromatic amines is 1. The fourth-order valence-corrected chi connectivity index (χ4v) is 3.34. The van der Waals surface area contributed by atoms with Crippen LogP contribution in [0.25, 0.3) is 11.3 Å².